The predicted octanol–water partition coefficient (Wildman–Crippen LogP) is 0.997. The molecule has 1 aromatic rings. The van der Waals surface area contributed by atoms with E-state index in [0.29, 0.717) is 0 Å². The normalized spacial score (nSPS) is 11.9. The first-order valence-corrected chi connectivity index (χ1v) is 5.07. The van der Waals surface area contributed by atoms with Crippen LogP contribution in [0.15, 0.2) is 24.3 Å². The van der Waals surface area contributed by atoms with Gasteiger partial charge in [0.15, 0.2) is 6.04 Å². The third-order valence-corrected chi connectivity index (χ3v) is 2.20. The molecule has 0 aliphatic rings. The monoisotopic (exact) mass is 243 g/mol. The van der Waals surface area contributed by atoms with Crippen LogP contribution < -0.4 is 5.32 Å². The number of thiol groups is 1. The average Bonchev–Trinajstić information content (AvgIpc) is 2.26. The van der Waals surface area contributed by atoms with E-state index in [0.717, 1.165) is 6.07 Å². The summed E-state index contributed by atoms with van der Waals surface area (Å²) in [5.74, 6) is -2.72. The molecule has 0 saturated heterocycles. The summed E-state index contributed by atoms with van der Waals surface area (Å²) < 4.78 is 13.3. The molecule has 0 bridgehead atoms. The molecule has 6 heteroatoms. The molecule has 1 unspecified atom stereocenters. The molecule has 86 valence electrons. The van der Waals surface area contributed by atoms with Gasteiger partial charge in [0.2, 0.25) is 5.91 Å². The minimum atomic E-state index is -1.39. The second-order valence-electron chi connectivity index (χ2n) is 3.02. The van der Waals surface area contributed by atoms with Crippen molar-refractivity contribution in [2.75, 3.05) is 5.75 Å². The highest BCUT2D eigenvalue weighted by Crippen LogP contribution is 2.16. The third-order valence-electron chi connectivity index (χ3n) is 1.91. The molecule has 1 amide bonds. The zero-order valence-electron chi connectivity index (χ0n) is 8.18. The average molecular weight is 243 g/mol. The Bertz CT molecular complexity index is 411. The SMILES string of the molecule is O=C(CS)NC(C(=O)O)c1ccccc1F. The van der Waals surface area contributed by atoms with Gasteiger partial charge in [0.25, 0.3) is 0 Å². The standard InChI is InChI=1S/C10H10FNO3S/c11-7-4-2-1-3-6(7)9(10(14)15)12-8(13)5-16/h1-4,9,16H,5H2,(H,12,13)(H,14,15). The van der Waals surface area contributed by atoms with E-state index in [1.807, 2.05) is 0 Å². The molecule has 0 fully saturated rings. The van der Waals surface area contributed by atoms with Crippen molar-refractivity contribution in [1.82, 2.24) is 5.32 Å². The van der Waals surface area contributed by atoms with Gasteiger partial charge < -0.3 is 10.4 Å². The molecule has 0 saturated carbocycles. The van der Waals surface area contributed by atoms with Crippen LogP contribution in [0.4, 0.5) is 4.39 Å². The van der Waals surface area contributed by atoms with E-state index >= 15 is 0 Å². The summed E-state index contributed by atoms with van der Waals surface area (Å²) in [5, 5.41) is 11.1. The van der Waals surface area contributed by atoms with Crippen LogP contribution in [0.2, 0.25) is 0 Å². The van der Waals surface area contributed by atoms with Crippen molar-refractivity contribution in [3.63, 3.8) is 0 Å². The summed E-state index contributed by atoms with van der Waals surface area (Å²) in [4.78, 5) is 21.9. The Labute approximate surface area is 96.9 Å². The summed E-state index contributed by atoms with van der Waals surface area (Å²) in [6.07, 6.45) is 0. The van der Waals surface area contributed by atoms with Gasteiger partial charge in [-0.25, -0.2) is 9.18 Å². The third kappa shape index (κ3) is 2.96. The van der Waals surface area contributed by atoms with Crippen LogP contribution in [0.5, 0.6) is 0 Å². The number of carbonyl (C=O) groups is 2. The molecule has 2 N–H and O–H groups in total. The molecule has 0 aliphatic heterocycles. The van der Waals surface area contributed by atoms with Crippen molar-refractivity contribution in [3.8, 4) is 0 Å². The Hall–Kier alpha value is -1.56. The maximum absolute atomic E-state index is 13.3. The molecule has 0 aliphatic carbocycles. The van der Waals surface area contributed by atoms with Gasteiger partial charge >= 0.3 is 5.97 Å². The molecular weight excluding hydrogens is 233 g/mol. The Balaban J connectivity index is 2.99. The summed E-state index contributed by atoms with van der Waals surface area (Å²) in [6.45, 7) is 0. The van der Waals surface area contributed by atoms with Gasteiger partial charge in [-0.2, -0.15) is 12.6 Å². The fourth-order valence-corrected chi connectivity index (χ4v) is 1.28. The van der Waals surface area contributed by atoms with Crippen molar-refractivity contribution in [2.24, 2.45) is 0 Å². The lowest BCUT2D eigenvalue weighted by Crippen LogP contribution is -2.35. The number of carbonyl (C=O) groups excluding carboxylic acids is 1. The largest absolute Gasteiger partial charge is 0.479 e. The quantitative estimate of drug-likeness (QED) is 0.691. The first-order chi connectivity index (χ1) is 7.56. The van der Waals surface area contributed by atoms with Gasteiger partial charge in [0.1, 0.15) is 5.82 Å². The van der Waals surface area contributed by atoms with E-state index in [4.69, 9.17) is 5.11 Å². The minimum absolute atomic E-state index is 0.0786. The van der Waals surface area contributed by atoms with E-state index in [9.17, 15) is 14.0 Å². The molecule has 0 aromatic heterocycles. The Morgan fingerprint density at radius 1 is 1.44 bits per heavy atom. The maximum atomic E-state index is 13.3. The van der Waals surface area contributed by atoms with Crippen LogP contribution in [-0.2, 0) is 9.59 Å². The fourth-order valence-electron chi connectivity index (χ4n) is 1.19. The van der Waals surface area contributed by atoms with Crippen LogP contribution in [0.25, 0.3) is 0 Å². The first kappa shape index (κ1) is 12.5. The number of aliphatic carboxylic acids is 1. The van der Waals surface area contributed by atoms with E-state index in [1.54, 1.807) is 0 Å². The van der Waals surface area contributed by atoms with Gasteiger partial charge in [-0.1, -0.05) is 18.2 Å². The zero-order valence-corrected chi connectivity index (χ0v) is 9.08. The summed E-state index contributed by atoms with van der Waals surface area (Å²) >= 11 is 3.70. The predicted molar refractivity (Wildman–Crippen MR) is 58.8 cm³/mol. The van der Waals surface area contributed by atoms with Gasteiger partial charge in [0, 0.05) is 5.56 Å². The number of carboxylic acid groups (broad SMARTS) is 1. The van der Waals surface area contributed by atoms with Crippen molar-refractivity contribution < 1.29 is 19.1 Å². The summed E-state index contributed by atoms with van der Waals surface area (Å²) in [6, 6.07) is 4.01. The summed E-state index contributed by atoms with van der Waals surface area (Å²) in [5.41, 5.74) is -0.0786. The number of amides is 1. The Morgan fingerprint density at radius 2 is 2.06 bits per heavy atom. The van der Waals surface area contributed by atoms with Crippen molar-refractivity contribution in [3.05, 3.63) is 35.6 Å². The highest BCUT2D eigenvalue weighted by molar-refractivity contribution is 7.81. The number of benzene rings is 1. The number of nitrogens with one attached hydrogen (secondary N) is 1. The maximum Gasteiger partial charge on any atom is 0.331 e. The van der Waals surface area contributed by atoms with Crippen LogP contribution in [0.3, 0.4) is 0 Å². The molecule has 1 aromatic carbocycles. The topological polar surface area (TPSA) is 66.4 Å². The lowest BCUT2D eigenvalue weighted by molar-refractivity contribution is -0.141. The first-order valence-electron chi connectivity index (χ1n) is 4.43. The van der Waals surface area contributed by atoms with Crippen LogP contribution >= 0.6 is 12.6 Å². The number of hydrogen-bond donors (Lipinski definition) is 3. The van der Waals surface area contributed by atoms with E-state index in [1.165, 1.54) is 18.2 Å². The highest BCUT2D eigenvalue weighted by Gasteiger charge is 2.24. The van der Waals surface area contributed by atoms with E-state index in [2.05, 4.69) is 17.9 Å². The summed E-state index contributed by atoms with van der Waals surface area (Å²) in [7, 11) is 0. The smallest absolute Gasteiger partial charge is 0.331 e. The molecule has 0 spiro atoms. The number of hydrogen-bond acceptors (Lipinski definition) is 3. The molecular formula is C10H10FNO3S. The molecule has 0 heterocycles. The van der Waals surface area contributed by atoms with Gasteiger partial charge in [-0.3, -0.25) is 4.79 Å². The van der Waals surface area contributed by atoms with Gasteiger partial charge in [-0.05, 0) is 6.07 Å². The zero-order chi connectivity index (χ0) is 12.1. The molecule has 4 nitrogen and oxygen atoms in total. The number of halogens is 1. The second kappa shape index (κ2) is 5.50. The molecule has 1 atom stereocenters. The van der Waals surface area contributed by atoms with Crippen molar-refractivity contribution in [1.29, 1.82) is 0 Å². The van der Waals surface area contributed by atoms with Crippen LogP contribution in [-0.4, -0.2) is 22.7 Å². The van der Waals surface area contributed by atoms with Crippen molar-refractivity contribution >= 4 is 24.5 Å². The molecule has 0 radical (unpaired) electrons. The Morgan fingerprint density at radius 3 is 2.56 bits per heavy atom. The molecule has 1 rings (SSSR count). The fraction of sp³-hybridized carbons (Fsp3) is 0.200. The lowest BCUT2D eigenvalue weighted by atomic mass is 10.1. The van der Waals surface area contributed by atoms with Gasteiger partial charge in [-0.15, -0.1) is 0 Å². The minimum Gasteiger partial charge on any atom is -0.479 e. The number of rotatable bonds is 4. The lowest BCUT2D eigenvalue weighted by Gasteiger charge is -2.14. The van der Waals surface area contributed by atoms with Crippen molar-refractivity contribution in [2.45, 2.75) is 6.04 Å². The highest BCUT2D eigenvalue weighted by atomic mass is 32.1. The van der Waals surface area contributed by atoms with Crippen LogP contribution in [0, 0.1) is 5.82 Å². The van der Waals surface area contributed by atoms with Gasteiger partial charge in [0.05, 0.1) is 5.75 Å². The number of carboxylic acids is 1. The molecule has 16 heavy (non-hydrogen) atoms. The van der Waals surface area contributed by atoms with E-state index in [-0.39, 0.29) is 11.3 Å². The van der Waals surface area contributed by atoms with E-state index < -0.39 is 23.7 Å². The Kier molecular flexibility index (Phi) is 4.30. The van der Waals surface area contributed by atoms with Crippen LogP contribution in [0.1, 0.15) is 11.6 Å². The second-order valence-corrected chi connectivity index (χ2v) is 3.33.